The zero-order valence-electron chi connectivity index (χ0n) is 28.7. The Morgan fingerprint density at radius 3 is 0.800 bits per heavy atom. The van der Waals surface area contributed by atoms with E-state index in [0.29, 0.717) is 38.0 Å². The van der Waals surface area contributed by atoms with Gasteiger partial charge < -0.3 is 77.2 Å². The van der Waals surface area contributed by atoms with Crippen molar-refractivity contribution in [1.29, 1.82) is 0 Å². The van der Waals surface area contributed by atoms with Crippen LogP contribution in [0.1, 0.15) is 79.1 Å². The second-order valence-electron chi connectivity index (χ2n) is 9.30. The van der Waals surface area contributed by atoms with Gasteiger partial charge in [0.25, 0.3) is 0 Å². The summed E-state index contributed by atoms with van der Waals surface area (Å²) in [6.45, 7) is 16.6. The molecule has 2 saturated carbocycles. The molecule has 0 saturated heterocycles. The summed E-state index contributed by atoms with van der Waals surface area (Å²) < 4.78 is 0. The van der Waals surface area contributed by atoms with Crippen LogP contribution in [0.3, 0.4) is 0 Å². The Kier molecular flexibility index (Phi) is 61.7. The molecular weight excluding hydrogens is 1070 g/mol. The van der Waals surface area contributed by atoms with Crippen LogP contribution in [0.2, 0.25) is 0 Å². The van der Waals surface area contributed by atoms with Crippen molar-refractivity contribution in [3.8, 4) is 0 Å². The third-order valence-electron chi connectivity index (χ3n) is 5.31. The van der Waals surface area contributed by atoms with Crippen LogP contribution in [0.5, 0.6) is 0 Å². The SMILES string of the molecule is CCNC(=O)O.CCNC(=O)O.CCNC(=O)O.CCNC(=O)O.O=C(O)C(=O)O.[CH2-][C@@H]1CCCC[C@H]1[NH-].[CH2-][C@@H]1CCCC[C@H]1[NH-].[Cl][Pt+2][Cl].[Pt+2]. The van der Waals surface area contributed by atoms with Crippen LogP contribution in [0, 0.1) is 25.7 Å². The van der Waals surface area contributed by atoms with Gasteiger partial charge >= 0.3 is 92.7 Å². The second-order valence-corrected chi connectivity index (χ2v) is 12.6. The predicted molar refractivity (Wildman–Crippen MR) is 185 cm³/mol. The molecule has 22 heteroatoms. The number of hydrogen-bond acceptors (Lipinski definition) is 6. The molecule has 2 aliphatic rings. The Balaban J connectivity index is -0.0000000853. The van der Waals surface area contributed by atoms with Crippen LogP contribution >= 0.6 is 18.8 Å². The summed E-state index contributed by atoms with van der Waals surface area (Å²) in [7, 11) is 9.75. The third kappa shape index (κ3) is 71.8. The molecule has 0 aliphatic heterocycles. The van der Waals surface area contributed by atoms with Crippen LogP contribution < -0.4 is 21.3 Å². The van der Waals surface area contributed by atoms with Gasteiger partial charge in [0, 0.05) is 26.2 Å². The van der Waals surface area contributed by atoms with Crippen LogP contribution in [-0.4, -0.2) is 105 Å². The van der Waals surface area contributed by atoms with Crippen LogP contribution in [0.4, 0.5) is 19.2 Å². The molecule has 0 radical (unpaired) electrons. The van der Waals surface area contributed by atoms with Crippen molar-refractivity contribution in [3.63, 3.8) is 0 Å². The number of hydrogen-bond donors (Lipinski definition) is 10. The molecule has 0 aromatic carbocycles. The summed E-state index contributed by atoms with van der Waals surface area (Å²) >= 11 is -0.472. The molecule has 2 aliphatic carbocycles. The fraction of sp³-hybridized carbons (Fsp3) is 0.714. The average Bonchev–Trinajstić information content (AvgIpc) is 2.98. The zero-order chi connectivity index (χ0) is 39.8. The summed E-state index contributed by atoms with van der Waals surface area (Å²) in [5.41, 5.74) is 14.8. The molecule has 12 N–H and O–H groups in total. The largest absolute Gasteiger partial charge is 2.00 e. The minimum atomic E-state index is -1.82. The molecule has 0 unspecified atom stereocenters. The normalized spacial score (nSPS) is 17.6. The topological polar surface area (TPSA) is 320 Å². The van der Waals surface area contributed by atoms with Gasteiger partial charge in [-0.1, -0.05) is 51.4 Å². The number of rotatable bonds is 4. The van der Waals surface area contributed by atoms with Crippen molar-refractivity contribution in [2.24, 2.45) is 11.8 Å². The zero-order valence-corrected chi connectivity index (χ0v) is 34.8. The summed E-state index contributed by atoms with van der Waals surface area (Å²) in [5.74, 6) is -2.81. The first-order valence-corrected chi connectivity index (χ1v) is 20.6. The first-order valence-electron chi connectivity index (χ1n) is 15.0. The number of aliphatic carboxylic acids is 2. The molecule has 50 heavy (non-hydrogen) atoms. The number of carboxylic acids is 2. The number of carboxylic acid groups (broad SMARTS) is 6. The quantitative estimate of drug-likeness (QED) is 0.107. The van der Waals surface area contributed by atoms with Gasteiger partial charge in [0.15, 0.2) is 0 Å². The molecule has 0 aromatic heterocycles. The Hall–Kier alpha value is -2.10. The molecule has 2 fully saturated rings. The van der Waals surface area contributed by atoms with Gasteiger partial charge in [-0.2, -0.15) is 23.9 Å². The van der Waals surface area contributed by atoms with E-state index in [1.807, 2.05) is 0 Å². The smallest absolute Gasteiger partial charge is 2.00 e. The van der Waals surface area contributed by atoms with E-state index in [1.165, 1.54) is 38.5 Å². The molecule has 304 valence electrons. The number of carbonyl (C=O) groups is 6. The van der Waals surface area contributed by atoms with E-state index >= 15 is 0 Å². The first kappa shape index (κ1) is 63.0. The summed E-state index contributed by atoms with van der Waals surface area (Å²) in [4.78, 5) is 56.2. The molecule has 0 spiro atoms. The summed E-state index contributed by atoms with van der Waals surface area (Å²) in [5, 5.41) is 54.5. The molecule has 2 rings (SSSR count). The molecule has 0 bridgehead atoms. The van der Waals surface area contributed by atoms with Gasteiger partial charge in [-0.15, -0.1) is 0 Å². The standard InChI is InChI=1S/2C7H13N.4C3H7NO2.C2H2O4.2ClH.2Pt/c2*1-6-4-2-3-5-7(6)8;4*1-2-4-3(5)6;3-1(4)2(5)6;;;;/h2*6-8H,1-5H2;4*4H,2H2,1H3,(H,5,6);(H,3,4)(H,5,6);2*1H;;/q2*-2;;;;;;;;+2;+4/p-2/t2*6-,7-;;;;;;;;;/m11........./s1. The van der Waals surface area contributed by atoms with Crippen LogP contribution in [-0.2, 0) is 47.1 Å². The minimum absolute atomic E-state index is 0. The van der Waals surface area contributed by atoms with Crippen molar-refractivity contribution in [1.82, 2.24) is 21.3 Å². The van der Waals surface area contributed by atoms with E-state index in [0.717, 1.165) is 12.8 Å². The average molecular weight is 1130 g/mol. The van der Waals surface area contributed by atoms with Gasteiger partial charge in [-0.05, 0) is 27.7 Å². The first-order chi connectivity index (χ1) is 22.7. The van der Waals surface area contributed by atoms with Crippen LogP contribution in [0.25, 0.3) is 11.5 Å². The Morgan fingerprint density at radius 2 is 0.740 bits per heavy atom. The molecule has 0 aromatic rings. The maximum atomic E-state index is 9.49. The maximum absolute atomic E-state index is 9.49. The van der Waals surface area contributed by atoms with Crippen molar-refractivity contribution >= 4 is 55.1 Å². The monoisotopic (exact) mass is 1130 g/mol. The fourth-order valence-electron chi connectivity index (χ4n) is 3.02. The second kappa shape index (κ2) is 49.0. The Morgan fingerprint density at radius 1 is 0.560 bits per heavy atom. The van der Waals surface area contributed by atoms with E-state index < -0.39 is 52.8 Å². The van der Waals surface area contributed by atoms with Crippen molar-refractivity contribution in [2.45, 2.75) is 91.1 Å². The van der Waals surface area contributed by atoms with E-state index in [-0.39, 0.29) is 33.1 Å². The van der Waals surface area contributed by atoms with Crippen LogP contribution in [0.15, 0.2) is 0 Å². The molecule has 4 amide bonds. The summed E-state index contributed by atoms with van der Waals surface area (Å²) in [6, 6.07) is 0.285. The van der Waals surface area contributed by atoms with E-state index in [2.05, 4.69) is 35.1 Å². The van der Waals surface area contributed by atoms with Crippen molar-refractivity contribution in [3.05, 3.63) is 25.3 Å². The molecule has 4 atom stereocenters. The van der Waals surface area contributed by atoms with Crippen molar-refractivity contribution in [2.75, 3.05) is 26.2 Å². The Bertz CT molecular complexity index is 728. The fourth-order valence-corrected chi connectivity index (χ4v) is 3.02. The summed E-state index contributed by atoms with van der Waals surface area (Å²) in [6.07, 6.45) is 5.75. The van der Waals surface area contributed by atoms with Gasteiger partial charge in [0.2, 0.25) is 0 Å². The van der Waals surface area contributed by atoms with Gasteiger partial charge in [-0.3, -0.25) is 0 Å². The van der Waals surface area contributed by atoms with Crippen molar-refractivity contribution < 1.29 is 97.0 Å². The molecular formula is C28H56Cl2N6O12Pt2. The third-order valence-corrected chi connectivity index (χ3v) is 5.31. The maximum Gasteiger partial charge on any atom is 2.00 e. The number of amides is 4. The van der Waals surface area contributed by atoms with E-state index in [1.54, 1.807) is 27.7 Å². The number of nitrogens with one attached hydrogen (secondary N) is 6. The van der Waals surface area contributed by atoms with Gasteiger partial charge in [0.05, 0.1) is 0 Å². The van der Waals surface area contributed by atoms with Gasteiger partial charge in [0.1, 0.15) is 0 Å². The van der Waals surface area contributed by atoms with Gasteiger partial charge in [-0.25, -0.2) is 28.8 Å². The number of halogens is 2. The molecule has 0 heterocycles. The minimum Gasteiger partial charge on any atom is 2.00 e. The van der Waals surface area contributed by atoms with E-state index in [4.69, 9.17) is 70.5 Å². The predicted octanol–water partition coefficient (Wildman–Crippen LogP) is 6.49. The molecule has 18 nitrogen and oxygen atoms in total. The van der Waals surface area contributed by atoms with E-state index in [9.17, 15) is 19.2 Å². The Labute approximate surface area is 326 Å².